The third-order valence-corrected chi connectivity index (χ3v) is 3.26. The fourth-order valence-corrected chi connectivity index (χ4v) is 2.15. The Morgan fingerprint density at radius 3 is 2.43 bits per heavy atom. The van der Waals surface area contributed by atoms with Gasteiger partial charge in [-0.25, -0.2) is 4.98 Å². The predicted octanol–water partition coefficient (Wildman–Crippen LogP) is 2.88. The maximum atomic E-state index is 12.5. The summed E-state index contributed by atoms with van der Waals surface area (Å²) in [5, 5.41) is 9.03. The first-order chi connectivity index (χ1) is 9.97. The molecule has 5 nitrogen and oxygen atoms in total. The molecule has 2 aromatic rings. The first-order valence-corrected chi connectivity index (χ1v) is 6.99. The maximum absolute atomic E-state index is 12.5. The molecule has 0 saturated heterocycles. The van der Waals surface area contributed by atoms with Crippen LogP contribution in [-0.4, -0.2) is 28.5 Å². The smallest absolute Gasteiger partial charge is 0.323 e. The third kappa shape index (κ3) is 3.88. The van der Waals surface area contributed by atoms with Crippen LogP contribution < -0.4 is 4.90 Å². The summed E-state index contributed by atoms with van der Waals surface area (Å²) in [5.41, 5.74) is 1.74. The van der Waals surface area contributed by atoms with Gasteiger partial charge in [-0.05, 0) is 47.1 Å². The molecule has 0 aliphatic rings. The number of hydrogen-bond donors (Lipinski definition) is 1. The zero-order valence-corrected chi connectivity index (χ0v) is 12.9. The lowest BCUT2D eigenvalue weighted by Gasteiger charge is -2.20. The number of carbonyl (C=O) groups excluding carboxylic acids is 1. The normalized spacial score (nSPS) is 10.2. The van der Waals surface area contributed by atoms with E-state index < -0.39 is 18.4 Å². The number of carboxylic acid groups (broad SMARTS) is 1. The predicted molar refractivity (Wildman–Crippen MR) is 82.4 cm³/mol. The van der Waals surface area contributed by atoms with E-state index in [1.54, 1.807) is 30.3 Å². The van der Waals surface area contributed by atoms with Crippen LogP contribution in [0.2, 0.25) is 0 Å². The summed E-state index contributed by atoms with van der Waals surface area (Å²) < 4.78 is 0.521. The molecule has 108 valence electrons. The SMILES string of the molecule is Cc1ccc(N(CC(=O)O)C(=O)c2cccc(Br)n2)cc1. The van der Waals surface area contributed by atoms with E-state index in [1.165, 1.54) is 4.90 Å². The summed E-state index contributed by atoms with van der Waals surface area (Å²) in [7, 11) is 0. The first kappa shape index (κ1) is 15.2. The Kier molecular flexibility index (Phi) is 4.70. The second-order valence-electron chi connectivity index (χ2n) is 4.47. The van der Waals surface area contributed by atoms with Gasteiger partial charge >= 0.3 is 5.97 Å². The molecule has 1 heterocycles. The summed E-state index contributed by atoms with van der Waals surface area (Å²) in [6.45, 7) is 1.50. The van der Waals surface area contributed by atoms with E-state index in [0.29, 0.717) is 10.3 Å². The van der Waals surface area contributed by atoms with Crippen LogP contribution in [0.3, 0.4) is 0 Å². The van der Waals surface area contributed by atoms with E-state index in [9.17, 15) is 9.59 Å². The van der Waals surface area contributed by atoms with Crippen LogP contribution in [-0.2, 0) is 4.79 Å². The highest BCUT2D eigenvalue weighted by Gasteiger charge is 2.21. The van der Waals surface area contributed by atoms with Crippen LogP contribution in [0.4, 0.5) is 5.69 Å². The van der Waals surface area contributed by atoms with Gasteiger partial charge in [0.2, 0.25) is 0 Å². The molecule has 0 fully saturated rings. The molecule has 2 rings (SSSR count). The number of rotatable bonds is 4. The second kappa shape index (κ2) is 6.49. The summed E-state index contributed by atoms with van der Waals surface area (Å²) in [5.74, 6) is -1.54. The molecule has 21 heavy (non-hydrogen) atoms. The van der Waals surface area contributed by atoms with E-state index in [4.69, 9.17) is 5.11 Å². The van der Waals surface area contributed by atoms with Gasteiger partial charge < -0.3 is 5.11 Å². The number of aryl methyl sites for hydroxylation is 1. The number of anilines is 1. The molecule has 0 bridgehead atoms. The lowest BCUT2D eigenvalue weighted by molar-refractivity contribution is -0.135. The Labute approximate surface area is 130 Å². The molecule has 1 aromatic carbocycles. The van der Waals surface area contributed by atoms with Crippen molar-refractivity contribution in [2.75, 3.05) is 11.4 Å². The Bertz CT molecular complexity index is 671. The van der Waals surface area contributed by atoms with Crippen molar-refractivity contribution in [2.45, 2.75) is 6.92 Å². The van der Waals surface area contributed by atoms with Crippen molar-refractivity contribution in [3.63, 3.8) is 0 Å². The summed E-state index contributed by atoms with van der Waals surface area (Å²) in [6, 6.07) is 12.0. The fraction of sp³-hybridized carbons (Fsp3) is 0.133. The maximum Gasteiger partial charge on any atom is 0.323 e. The Morgan fingerprint density at radius 2 is 1.86 bits per heavy atom. The van der Waals surface area contributed by atoms with Crippen LogP contribution >= 0.6 is 15.9 Å². The lowest BCUT2D eigenvalue weighted by Crippen LogP contribution is -2.36. The van der Waals surface area contributed by atoms with E-state index in [2.05, 4.69) is 20.9 Å². The Hall–Kier alpha value is -2.21. The highest BCUT2D eigenvalue weighted by Crippen LogP contribution is 2.18. The monoisotopic (exact) mass is 348 g/mol. The number of benzene rings is 1. The van der Waals surface area contributed by atoms with Crippen molar-refractivity contribution in [1.29, 1.82) is 0 Å². The van der Waals surface area contributed by atoms with E-state index >= 15 is 0 Å². The Balaban J connectivity index is 2.38. The number of carboxylic acids is 1. The third-order valence-electron chi connectivity index (χ3n) is 2.82. The van der Waals surface area contributed by atoms with Gasteiger partial charge in [-0.3, -0.25) is 14.5 Å². The van der Waals surface area contributed by atoms with E-state index in [1.807, 2.05) is 19.1 Å². The number of hydrogen-bond acceptors (Lipinski definition) is 3. The standard InChI is InChI=1S/C15H13BrN2O3/c1-10-5-7-11(8-6-10)18(9-14(19)20)15(21)12-3-2-4-13(16)17-12/h2-8H,9H2,1H3,(H,19,20). The van der Waals surface area contributed by atoms with Crippen molar-refractivity contribution >= 4 is 33.5 Å². The van der Waals surface area contributed by atoms with Crippen molar-refractivity contribution in [2.24, 2.45) is 0 Å². The first-order valence-electron chi connectivity index (χ1n) is 6.20. The molecule has 6 heteroatoms. The zero-order chi connectivity index (χ0) is 15.4. The van der Waals surface area contributed by atoms with Crippen molar-refractivity contribution < 1.29 is 14.7 Å². The van der Waals surface area contributed by atoms with Gasteiger partial charge in [0.1, 0.15) is 16.8 Å². The van der Waals surface area contributed by atoms with Crippen molar-refractivity contribution in [3.05, 3.63) is 58.3 Å². The number of nitrogens with zero attached hydrogens (tertiary/aromatic N) is 2. The van der Waals surface area contributed by atoms with Crippen molar-refractivity contribution in [1.82, 2.24) is 4.98 Å². The van der Waals surface area contributed by atoms with Gasteiger partial charge in [-0.2, -0.15) is 0 Å². The molecular formula is C15H13BrN2O3. The average molecular weight is 349 g/mol. The van der Waals surface area contributed by atoms with E-state index in [0.717, 1.165) is 5.56 Å². The second-order valence-corrected chi connectivity index (χ2v) is 5.28. The molecule has 0 aliphatic carbocycles. The molecule has 0 atom stereocenters. The molecule has 0 saturated carbocycles. The van der Waals surface area contributed by atoms with Gasteiger partial charge in [-0.1, -0.05) is 23.8 Å². The molecule has 1 N–H and O–H groups in total. The quantitative estimate of drug-likeness (QED) is 0.862. The van der Waals surface area contributed by atoms with Crippen molar-refractivity contribution in [3.8, 4) is 0 Å². The summed E-state index contributed by atoms with van der Waals surface area (Å²) in [4.78, 5) is 28.8. The minimum Gasteiger partial charge on any atom is -0.480 e. The minimum absolute atomic E-state index is 0.186. The zero-order valence-electron chi connectivity index (χ0n) is 11.3. The molecule has 1 aromatic heterocycles. The van der Waals surface area contributed by atoms with Gasteiger partial charge in [0.25, 0.3) is 5.91 Å². The van der Waals surface area contributed by atoms with Crippen LogP contribution in [0.5, 0.6) is 0 Å². The molecule has 0 radical (unpaired) electrons. The van der Waals surface area contributed by atoms with Gasteiger partial charge in [0, 0.05) is 5.69 Å². The number of halogens is 1. The molecular weight excluding hydrogens is 336 g/mol. The number of carbonyl (C=O) groups is 2. The number of pyridine rings is 1. The highest BCUT2D eigenvalue weighted by atomic mass is 79.9. The average Bonchev–Trinajstić information content (AvgIpc) is 2.45. The topological polar surface area (TPSA) is 70.5 Å². The number of aromatic nitrogens is 1. The largest absolute Gasteiger partial charge is 0.480 e. The summed E-state index contributed by atoms with van der Waals surface area (Å²) in [6.07, 6.45) is 0. The highest BCUT2D eigenvalue weighted by molar-refractivity contribution is 9.10. The molecule has 1 amide bonds. The van der Waals surface area contributed by atoms with Gasteiger partial charge in [0.15, 0.2) is 0 Å². The number of aliphatic carboxylic acids is 1. The fourth-order valence-electron chi connectivity index (χ4n) is 1.81. The van der Waals surface area contributed by atoms with Crippen LogP contribution in [0, 0.1) is 6.92 Å². The van der Waals surface area contributed by atoms with E-state index in [-0.39, 0.29) is 5.69 Å². The Morgan fingerprint density at radius 1 is 1.19 bits per heavy atom. The number of amides is 1. The van der Waals surface area contributed by atoms with Crippen LogP contribution in [0.25, 0.3) is 0 Å². The van der Waals surface area contributed by atoms with Crippen LogP contribution in [0.15, 0.2) is 47.1 Å². The lowest BCUT2D eigenvalue weighted by atomic mass is 10.2. The minimum atomic E-state index is -1.08. The van der Waals surface area contributed by atoms with Gasteiger partial charge in [-0.15, -0.1) is 0 Å². The molecule has 0 spiro atoms. The summed E-state index contributed by atoms with van der Waals surface area (Å²) >= 11 is 3.20. The molecule has 0 unspecified atom stereocenters. The van der Waals surface area contributed by atoms with Crippen LogP contribution in [0.1, 0.15) is 16.1 Å². The molecule has 0 aliphatic heterocycles. The van der Waals surface area contributed by atoms with Gasteiger partial charge in [0.05, 0.1) is 0 Å².